The average Bonchev–Trinajstić information content (AvgIpc) is 2.97. The third kappa shape index (κ3) is 3.74. The third-order valence-corrected chi connectivity index (χ3v) is 4.23. The van der Waals surface area contributed by atoms with Crippen LogP contribution in [0.2, 0.25) is 0 Å². The number of ether oxygens (including phenoxy) is 1. The van der Waals surface area contributed by atoms with Gasteiger partial charge < -0.3 is 15.0 Å². The molecule has 1 N–H and O–H groups in total. The maximum absolute atomic E-state index is 12.6. The number of carbonyl (C=O) groups is 2. The van der Waals surface area contributed by atoms with Crippen LogP contribution in [0, 0.1) is 6.92 Å². The van der Waals surface area contributed by atoms with E-state index in [2.05, 4.69) is 5.32 Å². The van der Waals surface area contributed by atoms with Gasteiger partial charge in [0, 0.05) is 24.5 Å². The Morgan fingerprint density at radius 1 is 1.12 bits per heavy atom. The van der Waals surface area contributed by atoms with Crippen LogP contribution in [-0.2, 0) is 4.79 Å². The van der Waals surface area contributed by atoms with Crippen molar-refractivity contribution in [2.45, 2.75) is 6.92 Å². The van der Waals surface area contributed by atoms with Gasteiger partial charge in [-0.2, -0.15) is 0 Å². The van der Waals surface area contributed by atoms with Gasteiger partial charge in [-0.1, -0.05) is 18.2 Å². The molecule has 0 unspecified atom stereocenters. The Hall–Kier alpha value is -3.02. The number of nitrogens with zero attached hydrogens (tertiary/aromatic N) is 2. The second-order valence-corrected chi connectivity index (χ2v) is 5.92. The maximum atomic E-state index is 12.6. The molecule has 0 bridgehead atoms. The molecule has 0 radical (unpaired) electrons. The first kappa shape index (κ1) is 16.8. The van der Waals surface area contributed by atoms with Crippen LogP contribution in [0.25, 0.3) is 0 Å². The van der Waals surface area contributed by atoms with E-state index in [1.54, 1.807) is 16.9 Å². The van der Waals surface area contributed by atoms with Crippen molar-refractivity contribution in [3.05, 3.63) is 54.1 Å². The van der Waals surface area contributed by atoms with Gasteiger partial charge in [-0.25, -0.2) is 4.79 Å². The zero-order valence-electron chi connectivity index (χ0n) is 14.4. The molecule has 3 amide bonds. The zero-order valence-corrected chi connectivity index (χ0v) is 14.4. The number of amides is 3. The van der Waals surface area contributed by atoms with Crippen molar-refractivity contribution in [3.8, 4) is 5.75 Å². The molecule has 25 heavy (non-hydrogen) atoms. The van der Waals surface area contributed by atoms with Crippen molar-refractivity contribution in [2.24, 2.45) is 0 Å². The number of rotatable bonds is 5. The highest BCUT2D eigenvalue weighted by Gasteiger charge is 2.30. The molecule has 0 atom stereocenters. The van der Waals surface area contributed by atoms with E-state index >= 15 is 0 Å². The number of nitrogens with one attached hydrogen (secondary N) is 1. The summed E-state index contributed by atoms with van der Waals surface area (Å²) in [7, 11) is 1.60. The highest BCUT2D eigenvalue weighted by atomic mass is 16.5. The van der Waals surface area contributed by atoms with E-state index < -0.39 is 0 Å². The molecular formula is C19H21N3O3. The summed E-state index contributed by atoms with van der Waals surface area (Å²) >= 11 is 0. The molecule has 1 heterocycles. The lowest BCUT2D eigenvalue weighted by atomic mass is 10.2. The van der Waals surface area contributed by atoms with Crippen LogP contribution in [0.3, 0.4) is 0 Å². The largest absolute Gasteiger partial charge is 0.497 e. The summed E-state index contributed by atoms with van der Waals surface area (Å²) in [6.45, 7) is 3.05. The summed E-state index contributed by atoms with van der Waals surface area (Å²) in [5, 5.41) is 2.86. The van der Waals surface area contributed by atoms with Crippen LogP contribution in [-0.4, -0.2) is 43.6 Å². The van der Waals surface area contributed by atoms with Gasteiger partial charge in [0.1, 0.15) is 12.3 Å². The van der Waals surface area contributed by atoms with Gasteiger partial charge in [0.2, 0.25) is 5.91 Å². The second kappa shape index (κ2) is 7.25. The van der Waals surface area contributed by atoms with Gasteiger partial charge in [-0.05, 0) is 42.8 Å². The zero-order chi connectivity index (χ0) is 17.8. The van der Waals surface area contributed by atoms with Gasteiger partial charge in [-0.3, -0.25) is 9.69 Å². The Morgan fingerprint density at radius 3 is 2.52 bits per heavy atom. The molecule has 2 aromatic rings. The summed E-state index contributed by atoms with van der Waals surface area (Å²) in [4.78, 5) is 28.0. The van der Waals surface area contributed by atoms with Gasteiger partial charge in [0.25, 0.3) is 0 Å². The van der Waals surface area contributed by atoms with E-state index in [4.69, 9.17) is 4.74 Å². The number of carbonyl (C=O) groups excluding carboxylic acids is 2. The Morgan fingerprint density at radius 2 is 1.84 bits per heavy atom. The number of hydrogen-bond acceptors (Lipinski definition) is 3. The molecular weight excluding hydrogens is 318 g/mol. The van der Waals surface area contributed by atoms with Gasteiger partial charge >= 0.3 is 6.03 Å². The van der Waals surface area contributed by atoms with Crippen molar-refractivity contribution >= 4 is 23.3 Å². The average molecular weight is 339 g/mol. The molecule has 1 saturated heterocycles. The summed E-state index contributed by atoms with van der Waals surface area (Å²) in [6, 6.07) is 14.7. The topological polar surface area (TPSA) is 61.9 Å². The monoisotopic (exact) mass is 339 g/mol. The smallest absolute Gasteiger partial charge is 0.325 e. The molecule has 6 heteroatoms. The minimum Gasteiger partial charge on any atom is -0.497 e. The number of anilines is 2. The van der Waals surface area contributed by atoms with Crippen LogP contribution in [0.1, 0.15) is 5.56 Å². The van der Waals surface area contributed by atoms with Gasteiger partial charge in [0.15, 0.2) is 0 Å². The first-order valence-electron chi connectivity index (χ1n) is 8.14. The molecule has 0 saturated carbocycles. The molecule has 2 aromatic carbocycles. The van der Waals surface area contributed by atoms with Crippen LogP contribution in [0.5, 0.6) is 5.75 Å². The lowest BCUT2D eigenvalue weighted by Gasteiger charge is -2.19. The highest BCUT2D eigenvalue weighted by molar-refractivity contribution is 5.99. The van der Waals surface area contributed by atoms with E-state index in [1.165, 1.54) is 0 Å². The quantitative estimate of drug-likeness (QED) is 0.911. The molecule has 3 rings (SSSR count). The van der Waals surface area contributed by atoms with E-state index in [0.29, 0.717) is 13.1 Å². The number of urea groups is 1. The normalized spacial score (nSPS) is 13.9. The van der Waals surface area contributed by atoms with Crippen molar-refractivity contribution < 1.29 is 14.3 Å². The van der Waals surface area contributed by atoms with E-state index in [9.17, 15) is 9.59 Å². The first-order valence-corrected chi connectivity index (χ1v) is 8.14. The predicted molar refractivity (Wildman–Crippen MR) is 97.1 cm³/mol. The van der Waals surface area contributed by atoms with E-state index in [-0.39, 0.29) is 18.5 Å². The minimum atomic E-state index is -0.195. The molecule has 0 aromatic heterocycles. The Balaban J connectivity index is 1.61. The Kier molecular flexibility index (Phi) is 4.88. The Labute approximate surface area is 147 Å². The summed E-state index contributed by atoms with van der Waals surface area (Å²) in [6.07, 6.45) is 0. The number of aryl methyl sites for hydroxylation is 1. The number of methoxy groups -OCH3 is 1. The molecule has 0 spiro atoms. The SMILES string of the molecule is COc1ccc(N2CCN(CC(=O)Nc3ccccc3C)C2=O)cc1. The minimum absolute atomic E-state index is 0.0415. The van der Waals surface area contributed by atoms with E-state index in [1.807, 2.05) is 55.5 Å². The number of hydrogen-bond donors (Lipinski definition) is 1. The van der Waals surface area contributed by atoms with Crippen LogP contribution in [0.4, 0.5) is 16.2 Å². The number of para-hydroxylation sites is 1. The Bertz CT molecular complexity index is 774. The molecule has 6 nitrogen and oxygen atoms in total. The highest BCUT2D eigenvalue weighted by Crippen LogP contribution is 2.23. The van der Waals surface area contributed by atoms with Crippen LogP contribution < -0.4 is 15.0 Å². The van der Waals surface area contributed by atoms with Crippen molar-refractivity contribution in [3.63, 3.8) is 0 Å². The lowest BCUT2D eigenvalue weighted by Crippen LogP contribution is -2.37. The van der Waals surface area contributed by atoms with Gasteiger partial charge in [-0.15, -0.1) is 0 Å². The van der Waals surface area contributed by atoms with Crippen LogP contribution >= 0.6 is 0 Å². The van der Waals surface area contributed by atoms with Gasteiger partial charge in [0.05, 0.1) is 7.11 Å². The first-order chi connectivity index (χ1) is 12.1. The summed E-state index contributed by atoms with van der Waals surface area (Å²) in [5.41, 5.74) is 2.56. The molecule has 1 aliphatic heterocycles. The van der Waals surface area contributed by atoms with E-state index in [0.717, 1.165) is 22.7 Å². The standard InChI is InChI=1S/C19H21N3O3/c1-14-5-3-4-6-17(14)20-18(23)13-21-11-12-22(19(21)24)15-7-9-16(25-2)10-8-15/h3-10H,11-13H2,1-2H3,(H,20,23). The number of benzene rings is 2. The van der Waals surface area contributed by atoms with Crippen molar-refractivity contribution in [1.82, 2.24) is 4.90 Å². The fraction of sp³-hybridized carbons (Fsp3) is 0.263. The second-order valence-electron chi connectivity index (χ2n) is 5.92. The summed E-state index contributed by atoms with van der Waals surface area (Å²) < 4.78 is 5.13. The summed E-state index contributed by atoms with van der Waals surface area (Å²) in [5.74, 6) is 0.545. The fourth-order valence-corrected chi connectivity index (χ4v) is 2.81. The van der Waals surface area contributed by atoms with Crippen molar-refractivity contribution in [1.29, 1.82) is 0 Å². The fourth-order valence-electron chi connectivity index (χ4n) is 2.81. The molecule has 0 aliphatic carbocycles. The van der Waals surface area contributed by atoms with Crippen LogP contribution in [0.15, 0.2) is 48.5 Å². The molecule has 1 fully saturated rings. The molecule has 1 aliphatic rings. The lowest BCUT2D eigenvalue weighted by molar-refractivity contribution is -0.116. The molecule has 130 valence electrons. The third-order valence-electron chi connectivity index (χ3n) is 4.23. The maximum Gasteiger partial charge on any atom is 0.325 e. The predicted octanol–water partition coefficient (Wildman–Crippen LogP) is 2.88. The van der Waals surface area contributed by atoms with Crippen molar-refractivity contribution in [2.75, 3.05) is 37.0 Å².